The first-order valence-corrected chi connectivity index (χ1v) is 10.9. The number of rotatable bonds is 4. The zero-order valence-electron chi connectivity index (χ0n) is 18.0. The molecule has 1 amide bonds. The van der Waals surface area contributed by atoms with Crippen molar-refractivity contribution < 1.29 is 18.0 Å². The summed E-state index contributed by atoms with van der Waals surface area (Å²) in [6.45, 7) is 5.13. The van der Waals surface area contributed by atoms with Crippen LogP contribution in [0.3, 0.4) is 0 Å². The predicted octanol–water partition coefficient (Wildman–Crippen LogP) is 3.99. The maximum absolute atomic E-state index is 13.5. The molecule has 0 saturated carbocycles. The van der Waals surface area contributed by atoms with Crippen LogP contribution in [0.4, 0.5) is 18.9 Å². The monoisotopic (exact) mass is 434 g/mol. The number of piperidine rings is 1. The van der Waals surface area contributed by atoms with Gasteiger partial charge in [0.05, 0.1) is 11.1 Å². The summed E-state index contributed by atoms with van der Waals surface area (Å²) in [6, 6.07) is 4.41. The number of nitrogens with zero attached hydrogens (tertiary/aromatic N) is 3. The Morgan fingerprint density at radius 1 is 1.19 bits per heavy atom. The molecule has 168 valence electrons. The minimum Gasteiger partial charge on any atom is -0.369 e. The van der Waals surface area contributed by atoms with Gasteiger partial charge in [0, 0.05) is 49.4 Å². The van der Waals surface area contributed by atoms with Crippen molar-refractivity contribution in [2.75, 3.05) is 38.1 Å². The highest BCUT2D eigenvalue weighted by atomic mass is 19.4. The lowest BCUT2D eigenvalue weighted by molar-refractivity contribution is -0.136. The van der Waals surface area contributed by atoms with Crippen molar-refractivity contribution in [2.45, 2.75) is 44.8 Å². The van der Waals surface area contributed by atoms with Crippen LogP contribution in [0.2, 0.25) is 0 Å². The summed E-state index contributed by atoms with van der Waals surface area (Å²) in [5, 5.41) is 3.68. The molecule has 5 nitrogen and oxygen atoms in total. The topological polar surface area (TPSA) is 48.5 Å². The highest BCUT2D eigenvalue weighted by Crippen LogP contribution is 2.39. The SMILES string of the molecule is Cc1ccnc2c(C(F)(F)F)ccc(N3CC[C@H](NC(=O)C[C@@H]4CCCN(C)C4)C3)c12. The average Bonchev–Trinajstić information content (AvgIpc) is 3.14. The lowest BCUT2D eigenvalue weighted by Gasteiger charge is -2.29. The standard InChI is InChI=1S/C23H29F3N4O/c1-15-7-9-27-22-18(23(24,25)26)5-6-19(21(15)22)30-11-8-17(14-30)28-20(31)12-16-4-3-10-29(2)13-16/h5-7,9,16-17H,3-4,8,10-14H2,1-2H3,(H,28,31)/t16-,17-/m0/s1. The van der Waals surface area contributed by atoms with Crippen LogP contribution in [0.1, 0.15) is 36.8 Å². The van der Waals surface area contributed by atoms with Crippen LogP contribution in [0, 0.1) is 12.8 Å². The van der Waals surface area contributed by atoms with E-state index in [1.54, 1.807) is 12.1 Å². The molecule has 1 aromatic heterocycles. The fourth-order valence-corrected chi connectivity index (χ4v) is 4.99. The number of alkyl halides is 3. The van der Waals surface area contributed by atoms with E-state index in [0.29, 0.717) is 30.8 Å². The van der Waals surface area contributed by atoms with E-state index >= 15 is 0 Å². The number of carbonyl (C=O) groups is 1. The van der Waals surface area contributed by atoms with Gasteiger partial charge in [-0.2, -0.15) is 13.2 Å². The fraction of sp³-hybridized carbons (Fsp3) is 0.565. The molecule has 31 heavy (non-hydrogen) atoms. The van der Waals surface area contributed by atoms with Crippen molar-refractivity contribution >= 4 is 22.5 Å². The largest absolute Gasteiger partial charge is 0.418 e. The van der Waals surface area contributed by atoms with Crippen LogP contribution in [0.5, 0.6) is 0 Å². The van der Waals surface area contributed by atoms with Gasteiger partial charge in [-0.3, -0.25) is 9.78 Å². The molecule has 4 rings (SSSR count). The number of nitrogens with one attached hydrogen (secondary N) is 1. The number of hydrogen-bond donors (Lipinski definition) is 1. The molecule has 2 atom stereocenters. The molecule has 2 fully saturated rings. The van der Waals surface area contributed by atoms with Crippen molar-refractivity contribution in [1.82, 2.24) is 15.2 Å². The predicted molar refractivity (Wildman–Crippen MR) is 115 cm³/mol. The Morgan fingerprint density at radius 2 is 2.00 bits per heavy atom. The van der Waals surface area contributed by atoms with E-state index in [1.165, 1.54) is 6.20 Å². The maximum Gasteiger partial charge on any atom is 0.418 e. The molecule has 2 aliphatic rings. The van der Waals surface area contributed by atoms with Crippen molar-refractivity contribution in [3.05, 3.63) is 35.5 Å². The molecule has 0 aliphatic carbocycles. The van der Waals surface area contributed by atoms with Crippen LogP contribution >= 0.6 is 0 Å². The smallest absolute Gasteiger partial charge is 0.369 e. The molecule has 2 saturated heterocycles. The minimum atomic E-state index is -4.45. The van der Waals surface area contributed by atoms with Gasteiger partial charge in [0.25, 0.3) is 0 Å². The van der Waals surface area contributed by atoms with E-state index in [1.807, 2.05) is 6.92 Å². The number of halogens is 3. The number of aryl methyl sites for hydroxylation is 1. The molecular formula is C23H29F3N4O. The van der Waals surface area contributed by atoms with Gasteiger partial charge in [0.1, 0.15) is 0 Å². The third kappa shape index (κ3) is 4.79. The van der Waals surface area contributed by atoms with Gasteiger partial charge in [0.2, 0.25) is 5.91 Å². The number of hydrogen-bond acceptors (Lipinski definition) is 4. The molecule has 2 aromatic rings. The van der Waals surface area contributed by atoms with Crippen LogP contribution in [-0.4, -0.2) is 55.1 Å². The first-order valence-electron chi connectivity index (χ1n) is 10.9. The number of benzene rings is 1. The third-order valence-electron chi connectivity index (χ3n) is 6.47. The molecule has 0 radical (unpaired) electrons. The fourth-order valence-electron chi connectivity index (χ4n) is 4.99. The van der Waals surface area contributed by atoms with Gasteiger partial charge >= 0.3 is 6.18 Å². The van der Waals surface area contributed by atoms with E-state index in [-0.39, 0.29) is 17.5 Å². The van der Waals surface area contributed by atoms with Gasteiger partial charge in [-0.25, -0.2) is 0 Å². The molecule has 0 unspecified atom stereocenters. The van der Waals surface area contributed by atoms with Crippen LogP contribution in [0.15, 0.2) is 24.4 Å². The van der Waals surface area contributed by atoms with Gasteiger partial charge < -0.3 is 15.1 Å². The first kappa shape index (κ1) is 21.9. The molecule has 1 aromatic carbocycles. The number of likely N-dealkylation sites (tertiary alicyclic amines) is 1. The molecule has 2 aliphatic heterocycles. The summed E-state index contributed by atoms with van der Waals surface area (Å²) in [7, 11) is 2.09. The zero-order chi connectivity index (χ0) is 22.2. The summed E-state index contributed by atoms with van der Waals surface area (Å²) in [4.78, 5) is 20.9. The van der Waals surface area contributed by atoms with Gasteiger partial charge in [0.15, 0.2) is 0 Å². The number of anilines is 1. The number of pyridine rings is 1. The highest BCUT2D eigenvalue weighted by molar-refractivity contribution is 5.96. The lowest BCUT2D eigenvalue weighted by Crippen LogP contribution is -2.40. The van der Waals surface area contributed by atoms with Crippen LogP contribution in [0.25, 0.3) is 10.9 Å². The van der Waals surface area contributed by atoms with E-state index < -0.39 is 11.7 Å². The van der Waals surface area contributed by atoms with E-state index in [4.69, 9.17) is 0 Å². The molecule has 0 spiro atoms. The second-order valence-electron chi connectivity index (χ2n) is 8.96. The Hall–Kier alpha value is -2.35. The Bertz CT molecular complexity index is 962. The van der Waals surface area contributed by atoms with Crippen molar-refractivity contribution in [1.29, 1.82) is 0 Å². The summed E-state index contributed by atoms with van der Waals surface area (Å²) in [5.41, 5.74) is 0.787. The van der Waals surface area contributed by atoms with Gasteiger partial charge in [-0.05, 0) is 69.5 Å². The summed E-state index contributed by atoms with van der Waals surface area (Å²) in [5.74, 6) is 0.464. The van der Waals surface area contributed by atoms with Crippen molar-refractivity contribution in [2.24, 2.45) is 5.92 Å². The van der Waals surface area contributed by atoms with Crippen molar-refractivity contribution in [3.8, 4) is 0 Å². The molecule has 1 N–H and O–H groups in total. The van der Waals surface area contributed by atoms with Gasteiger partial charge in [-0.15, -0.1) is 0 Å². The van der Waals surface area contributed by atoms with Crippen LogP contribution in [-0.2, 0) is 11.0 Å². The summed E-state index contributed by atoms with van der Waals surface area (Å²) < 4.78 is 40.4. The Kier molecular flexibility index (Phi) is 6.10. The van der Waals surface area contributed by atoms with Crippen molar-refractivity contribution in [3.63, 3.8) is 0 Å². The molecular weight excluding hydrogens is 405 g/mol. The second kappa shape index (κ2) is 8.65. The quantitative estimate of drug-likeness (QED) is 0.791. The average molecular weight is 435 g/mol. The number of fused-ring (bicyclic) bond motifs is 1. The van der Waals surface area contributed by atoms with E-state index in [9.17, 15) is 18.0 Å². The lowest BCUT2D eigenvalue weighted by atomic mass is 9.95. The zero-order valence-corrected chi connectivity index (χ0v) is 18.0. The molecule has 8 heteroatoms. The number of carbonyl (C=O) groups excluding carboxylic acids is 1. The first-order chi connectivity index (χ1) is 14.7. The Balaban J connectivity index is 1.47. The maximum atomic E-state index is 13.5. The van der Waals surface area contributed by atoms with Crippen LogP contribution < -0.4 is 10.2 Å². The molecule has 0 bridgehead atoms. The number of amides is 1. The Morgan fingerprint density at radius 3 is 2.74 bits per heavy atom. The van der Waals surface area contributed by atoms with E-state index in [0.717, 1.165) is 49.7 Å². The Labute approximate surface area is 180 Å². The summed E-state index contributed by atoms with van der Waals surface area (Å²) >= 11 is 0. The normalized spacial score (nSPS) is 22.8. The molecule has 3 heterocycles. The summed E-state index contributed by atoms with van der Waals surface area (Å²) in [6.07, 6.45) is 0.488. The second-order valence-corrected chi connectivity index (χ2v) is 8.96. The minimum absolute atomic E-state index is 0.00291. The van der Waals surface area contributed by atoms with E-state index in [2.05, 4.69) is 27.1 Å². The number of aromatic nitrogens is 1. The van der Waals surface area contributed by atoms with Gasteiger partial charge in [-0.1, -0.05) is 0 Å². The third-order valence-corrected chi connectivity index (χ3v) is 6.47. The highest BCUT2D eigenvalue weighted by Gasteiger charge is 2.35.